The molecule has 1 aromatic carbocycles. The van der Waals surface area contributed by atoms with E-state index in [1.165, 1.54) is 6.07 Å². The van der Waals surface area contributed by atoms with E-state index in [4.69, 9.17) is 5.73 Å². The van der Waals surface area contributed by atoms with Gasteiger partial charge < -0.3 is 10.6 Å². The Bertz CT molecular complexity index is 373. The summed E-state index contributed by atoms with van der Waals surface area (Å²) >= 11 is 0. The van der Waals surface area contributed by atoms with Crippen molar-refractivity contribution >= 4 is 11.4 Å². The van der Waals surface area contributed by atoms with E-state index in [1.54, 1.807) is 12.1 Å². The van der Waals surface area contributed by atoms with Crippen LogP contribution in [0.5, 0.6) is 0 Å². The van der Waals surface area contributed by atoms with Crippen molar-refractivity contribution in [2.24, 2.45) is 5.92 Å². The van der Waals surface area contributed by atoms with Gasteiger partial charge in [-0.25, -0.2) is 4.39 Å². The number of nitrogens with zero attached hydrogens (tertiary/aromatic N) is 1. The molecular formula is C15H25FN2. The first-order chi connectivity index (χ1) is 8.49. The van der Waals surface area contributed by atoms with Gasteiger partial charge in [-0.15, -0.1) is 0 Å². The standard InChI is InChI=1S/C15H25FN2/c1-5-13(6-2)18(10-11(3)4)15-9-12(16)7-8-14(15)17/h7-9,11,13H,5-6,10,17H2,1-4H3. The molecule has 0 amide bonds. The van der Waals surface area contributed by atoms with Gasteiger partial charge in [0, 0.05) is 12.6 Å². The van der Waals surface area contributed by atoms with E-state index in [0.717, 1.165) is 25.1 Å². The summed E-state index contributed by atoms with van der Waals surface area (Å²) < 4.78 is 13.4. The highest BCUT2D eigenvalue weighted by atomic mass is 19.1. The van der Waals surface area contributed by atoms with Crippen LogP contribution in [0.25, 0.3) is 0 Å². The van der Waals surface area contributed by atoms with Gasteiger partial charge in [0.2, 0.25) is 0 Å². The lowest BCUT2D eigenvalue weighted by Crippen LogP contribution is -2.37. The largest absolute Gasteiger partial charge is 0.397 e. The third kappa shape index (κ3) is 3.62. The molecule has 0 bridgehead atoms. The van der Waals surface area contributed by atoms with Crippen LogP contribution >= 0.6 is 0 Å². The molecule has 2 nitrogen and oxygen atoms in total. The van der Waals surface area contributed by atoms with Crippen LogP contribution in [0.4, 0.5) is 15.8 Å². The molecule has 3 heteroatoms. The predicted molar refractivity (Wildman–Crippen MR) is 77.4 cm³/mol. The predicted octanol–water partition coefficient (Wildman–Crippen LogP) is 4.06. The maximum Gasteiger partial charge on any atom is 0.125 e. The molecule has 0 aliphatic carbocycles. The second-order valence-corrected chi connectivity index (χ2v) is 5.22. The minimum Gasteiger partial charge on any atom is -0.397 e. The summed E-state index contributed by atoms with van der Waals surface area (Å²) in [7, 11) is 0. The van der Waals surface area contributed by atoms with Crippen LogP contribution in [-0.4, -0.2) is 12.6 Å². The van der Waals surface area contributed by atoms with Crippen LogP contribution in [0.2, 0.25) is 0 Å². The maximum atomic E-state index is 13.4. The van der Waals surface area contributed by atoms with E-state index in [2.05, 4.69) is 32.6 Å². The number of halogens is 1. The van der Waals surface area contributed by atoms with Gasteiger partial charge >= 0.3 is 0 Å². The lowest BCUT2D eigenvalue weighted by molar-refractivity contribution is 0.506. The third-order valence-corrected chi connectivity index (χ3v) is 3.25. The second-order valence-electron chi connectivity index (χ2n) is 5.22. The number of anilines is 2. The third-order valence-electron chi connectivity index (χ3n) is 3.25. The molecule has 1 aromatic rings. The van der Waals surface area contributed by atoms with Gasteiger partial charge in [0.1, 0.15) is 5.82 Å². The van der Waals surface area contributed by atoms with E-state index in [0.29, 0.717) is 17.6 Å². The summed E-state index contributed by atoms with van der Waals surface area (Å²) in [5, 5.41) is 0. The molecule has 1 rings (SSSR count). The van der Waals surface area contributed by atoms with Crippen LogP contribution in [0, 0.1) is 11.7 Å². The fourth-order valence-electron chi connectivity index (χ4n) is 2.33. The highest BCUT2D eigenvalue weighted by Crippen LogP contribution is 2.28. The Kier molecular flexibility index (Phi) is 5.45. The van der Waals surface area contributed by atoms with Gasteiger partial charge in [-0.3, -0.25) is 0 Å². The fourth-order valence-corrected chi connectivity index (χ4v) is 2.33. The number of hydrogen-bond acceptors (Lipinski definition) is 2. The van der Waals surface area contributed by atoms with E-state index in [9.17, 15) is 4.39 Å². The SMILES string of the molecule is CCC(CC)N(CC(C)C)c1cc(F)ccc1N. The molecule has 0 aromatic heterocycles. The quantitative estimate of drug-likeness (QED) is 0.774. The molecule has 0 radical (unpaired) electrons. The van der Waals surface area contributed by atoms with Crippen molar-refractivity contribution in [1.82, 2.24) is 0 Å². The number of nitrogens with two attached hydrogens (primary N) is 1. The summed E-state index contributed by atoms with van der Waals surface area (Å²) in [6.45, 7) is 9.57. The molecule has 0 aliphatic rings. The van der Waals surface area contributed by atoms with Crippen molar-refractivity contribution in [2.75, 3.05) is 17.2 Å². The number of nitrogen functional groups attached to an aromatic ring is 1. The first kappa shape index (κ1) is 14.8. The van der Waals surface area contributed by atoms with Crippen LogP contribution in [0.1, 0.15) is 40.5 Å². The molecule has 0 heterocycles. The van der Waals surface area contributed by atoms with Gasteiger partial charge in [0.05, 0.1) is 11.4 Å². The first-order valence-electron chi connectivity index (χ1n) is 6.81. The van der Waals surface area contributed by atoms with Gasteiger partial charge in [0.25, 0.3) is 0 Å². The molecule has 0 spiro atoms. The monoisotopic (exact) mass is 252 g/mol. The van der Waals surface area contributed by atoms with E-state index in [-0.39, 0.29) is 5.82 Å². The number of hydrogen-bond donors (Lipinski definition) is 1. The maximum absolute atomic E-state index is 13.4. The van der Waals surface area contributed by atoms with Crippen molar-refractivity contribution < 1.29 is 4.39 Å². The van der Waals surface area contributed by atoms with Gasteiger partial charge in [-0.1, -0.05) is 27.7 Å². The normalized spacial score (nSPS) is 11.3. The lowest BCUT2D eigenvalue weighted by Gasteiger charge is -2.35. The Balaban J connectivity index is 3.11. The van der Waals surface area contributed by atoms with Crippen molar-refractivity contribution in [1.29, 1.82) is 0 Å². The minimum atomic E-state index is -0.223. The summed E-state index contributed by atoms with van der Waals surface area (Å²) in [6, 6.07) is 5.03. The summed E-state index contributed by atoms with van der Waals surface area (Å²) in [5.41, 5.74) is 7.49. The summed E-state index contributed by atoms with van der Waals surface area (Å²) in [6.07, 6.45) is 2.08. The Morgan fingerprint density at radius 2 is 1.83 bits per heavy atom. The van der Waals surface area contributed by atoms with E-state index < -0.39 is 0 Å². The average molecular weight is 252 g/mol. The topological polar surface area (TPSA) is 29.3 Å². The molecule has 0 atom stereocenters. The summed E-state index contributed by atoms with van der Waals surface area (Å²) in [5.74, 6) is 0.298. The Hall–Kier alpha value is -1.25. The highest BCUT2D eigenvalue weighted by molar-refractivity contribution is 5.68. The van der Waals surface area contributed by atoms with Gasteiger partial charge in [-0.05, 0) is 37.0 Å². The zero-order valence-electron chi connectivity index (χ0n) is 11.9. The van der Waals surface area contributed by atoms with Crippen LogP contribution in [-0.2, 0) is 0 Å². The molecule has 0 fully saturated rings. The zero-order valence-corrected chi connectivity index (χ0v) is 11.9. The van der Waals surface area contributed by atoms with Crippen molar-refractivity contribution in [3.63, 3.8) is 0 Å². The molecule has 0 saturated carbocycles. The van der Waals surface area contributed by atoms with Crippen molar-refractivity contribution in [3.05, 3.63) is 24.0 Å². The molecule has 102 valence electrons. The van der Waals surface area contributed by atoms with Crippen LogP contribution < -0.4 is 10.6 Å². The molecule has 18 heavy (non-hydrogen) atoms. The Labute approximate surface area is 110 Å². The molecule has 0 unspecified atom stereocenters. The van der Waals surface area contributed by atoms with Gasteiger partial charge in [0.15, 0.2) is 0 Å². The van der Waals surface area contributed by atoms with Crippen LogP contribution in [0.15, 0.2) is 18.2 Å². The first-order valence-corrected chi connectivity index (χ1v) is 6.81. The average Bonchev–Trinajstić information content (AvgIpc) is 2.32. The molecule has 0 aliphatic heterocycles. The summed E-state index contributed by atoms with van der Waals surface area (Å²) in [4.78, 5) is 2.25. The molecule has 0 saturated heterocycles. The second kappa shape index (κ2) is 6.62. The van der Waals surface area contributed by atoms with Crippen LogP contribution in [0.3, 0.4) is 0 Å². The number of rotatable bonds is 6. The molecule has 2 N–H and O–H groups in total. The minimum absolute atomic E-state index is 0.223. The fraction of sp³-hybridized carbons (Fsp3) is 0.600. The number of benzene rings is 1. The van der Waals surface area contributed by atoms with E-state index >= 15 is 0 Å². The van der Waals surface area contributed by atoms with E-state index in [1.807, 2.05) is 0 Å². The van der Waals surface area contributed by atoms with Crippen molar-refractivity contribution in [3.8, 4) is 0 Å². The Morgan fingerprint density at radius 1 is 1.22 bits per heavy atom. The zero-order chi connectivity index (χ0) is 13.7. The van der Waals surface area contributed by atoms with Gasteiger partial charge in [-0.2, -0.15) is 0 Å². The highest BCUT2D eigenvalue weighted by Gasteiger charge is 2.19. The lowest BCUT2D eigenvalue weighted by atomic mass is 10.1. The smallest absolute Gasteiger partial charge is 0.125 e. The van der Waals surface area contributed by atoms with Crippen molar-refractivity contribution in [2.45, 2.75) is 46.6 Å². The molecular weight excluding hydrogens is 227 g/mol. The Morgan fingerprint density at radius 3 is 2.33 bits per heavy atom.